The zero-order valence-corrected chi connectivity index (χ0v) is 11.9. The molecule has 0 fully saturated rings. The van der Waals surface area contributed by atoms with Gasteiger partial charge >= 0.3 is 0 Å². The number of nitrogens with two attached hydrogens (primary N) is 1. The van der Waals surface area contributed by atoms with E-state index in [1.54, 1.807) is 26.0 Å². The van der Waals surface area contributed by atoms with Gasteiger partial charge in [-0.1, -0.05) is 6.92 Å². The number of methoxy groups -OCH3 is 2. The average Bonchev–Trinajstić information content (AvgIpc) is 2.39. The molecule has 0 saturated carbocycles. The first-order valence-electron chi connectivity index (χ1n) is 5.88. The van der Waals surface area contributed by atoms with Gasteiger partial charge in [-0.25, -0.2) is 0 Å². The first-order valence-corrected chi connectivity index (χ1v) is 6.76. The van der Waals surface area contributed by atoms with E-state index >= 15 is 0 Å². The highest BCUT2D eigenvalue weighted by molar-refractivity contribution is 8.00. The van der Waals surface area contributed by atoms with Gasteiger partial charge in [0.1, 0.15) is 11.5 Å². The van der Waals surface area contributed by atoms with Crippen LogP contribution in [0.2, 0.25) is 0 Å². The number of rotatable bonds is 7. The first kappa shape index (κ1) is 15.1. The lowest BCUT2D eigenvalue weighted by Crippen LogP contribution is -2.06. The molecule has 0 aliphatic carbocycles. The van der Waals surface area contributed by atoms with Crippen molar-refractivity contribution in [2.75, 3.05) is 27.4 Å². The van der Waals surface area contributed by atoms with Crippen LogP contribution in [0.3, 0.4) is 0 Å². The zero-order valence-electron chi connectivity index (χ0n) is 11.1. The second-order valence-electron chi connectivity index (χ2n) is 3.96. The molecule has 0 aromatic heterocycles. The van der Waals surface area contributed by atoms with Crippen molar-refractivity contribution in [1.29, 1.82) is 0 Å². The Morgan fingerprint density at radius 2 is 1.94 bits per heavy atom. The van der Waals surface area contributed by atoms with Crippen LogP contribution in [0, 0.1) is 0 Å². The molecule has 0 radical (unpaired) electrons. The van der Waals surface area contributed by atoms with Crippen LogP contribution in [0.25, 0.3) is 0 Å². The molecule has 18 heavy (non-hydrogen) atoms. The summed E-state index contributed by atoms with van der Waals surface area (Å²) >= 11 is 1.56. The van der Waals surface area contributed by atoms with Crippen molar-refractivity contribution < 1.29 is 14.6 Å². The fourth-order valence-electron chi connectivity index (χ4n) is 1.63. The molecule has 0 aliphatic rings. The van der Waals surface area contributed by atoms with Gasteiger partial charge < -0.3 is 20.3 Å². The normalized spacial score (nSPS) is 12.3. The number of ether oxygens (including phenoxy) is 2. The van der Waals surface area contributed by atoms with Gasteiger partial charge in [0.25, 0.3) is 0 Å². The number of aliphatic hydroxyl groups is 1. The Labute approximate surface area is 112 Å². The minimum Gasteiger partial charge on any atom is -0.496 e. The van der Waals surface area contributed by atoms with Crippen molar-refractivity contribution in [2.45, 2.75) is 23.5 Å². The summed E-state index contributed by atoms with van der Waals surface area (Å²) in [7, 11) is 3.29. The largest absolute Gasteiger partial charge is 0.496 e. The van der Waals surface area contributed by atoms with Crippen molar-refractivity contribution >= 4 is 11.8 Å². The Hall–Kier alpha value is -0.910. The highest BCUT2D eigenvalue weighted by Gasteiger charge is 2.13. The Kier molecular flexibility index (Phi) is 6.32. The lowest BCUT2D eigenvalue weighted by Gasteiger charge is -2.16. The first-order chi connectivity index (χ1) is 8.65. The molecule has 1 rings (SSSR count). The topological polar surface area (TPSA) is 64.7 Å². The van der Waals surface area contributed by atoms with Gasteiger partial charge in [0, 0.05) is 5.25 Å². The van der Waals surface area contributed by atoms with E-state index in [2.05, 4.69) is 0 Å². The zero-order chi connectivity index (χ0) is 13.5. The van der Waals surface area contributed by atoms with Gasteiger partial charge in [0.15, 0.2) is 0 Å². The summed E-state index contributed by atoms with van der Waals surface area (Å²) in [6.45, 7) is 2.66. The van der Waals surface area contributed by atoms with E-state index in [1.807, 2.05) is 19.1 Å². The number of benzene rings is 1. The van der Waals surface area contributed by atoms with Gasteiger partial charge in [0.05, 0.1) is 25.7 Å². The molecule has 0 heterocycles. The molecule has 5 heteroatoms. The van der Waals surface area contributed by atoms with Gasteiger partial charge in [-0.05, 0) is 30.7 Å². The minimum atomic E-state index is 0.115. The maximum atomic E-state index is 9.12. The summed E-state index contributed by atoms with van der Waals surface area (Å²) in [6, 6.07) is 3.90. The van der Waals surface area contributed by atoms with Crippen LogP contribution in [-0.4, -0.2) is 37.7 Å². The summed E-state index contributed by atoms with van der Waals surface area (Å²) in [4.78, 5) is 0.969. The van der Waals surface area contributed by atoms with E-state index in [1.165, 1.54) is 0 Å². The molecule has 1 aromatic carbocycles. The Morgan fingerprint density at radius 3 is 2.44 bits per heavy atom. The fourth-order valence-corrected chi connectivity index (χ4v) is 2.57. The molecule has 0 aliphatic heterocycles. The highest BCUT2D eigenvalue weighted by Crippen LogP contribution is 2.37. The molecule has 0 spiro atoms. The van der Waals surface area contributed by atoms with E-state index < -0.39 is 0 Å². The predicted molar refractivity (Wildman–Crippen MR) is 74.7 cm³/mol. The molecule has 0 amide bonds. The lowest BCUT2D eigenvalue weighted by molar-refractivity contribution is 0.300. The summed E-state index contributed by atoms with van der Waals surface area (Å²) in [6.07, 6.45) is 0.750. The van der Waals surface area contributed by atoms with Gasteiger partial charge in [-0.2, -0.15) is 0 Å². The predicted octanol–water partition coefficient (Wildman–Crippen LogP) is 1.68. The molecular formula is C13H21NO3S. The van der Waals surface area contributed by atoms with Crippen molar-refractivity contribution in [2.24, 2.45) is 5.73 Å². The average molecular weight is 271 g/mol. The summed E-state index contributed by atoms with van der Waals surface area (Å²) in [5.41, 5.74) is 6.62. The van der Waals surface area contributed by atoms with Crippen LogP contribution < -0.4 is 15.2 Å². The summed E-state index contributed by atoms with van der Waals surface area (Å²) in [5, 5.41) is 9.23. The lowest BCUT2D eigenvalue weighted by atomic mass is 10.1. The van der Waals surface area contributed by atoms with E-state index in [4.69, 9.17) is 20.3 Å². The molecule has 1 unspecified atom stereocenters. The van der Waals surface area contributed by atoms with Crippen LogP contribution in [0.1, 0.15) is 12.5 Å². The smallest absolute Gasteiger partial charge is 0.132 e. The molecule has 1 aromatic rings. The van der Waals surface area contributed by atoms with Crippen LogP contribution >= 0.6 is 11.8 Å². The summed E-state index contributed by atoms with van der Waals surface area (Å²) < 4.78 is 10.7. The van der Waals surface area contributed by atoms with Crippen molar-refractivity contribution in [3.63, 3.8) is 0 Å². The van der Waals surface area contributed by atoms with Gasteiger partial charge in [-0.3, -0.25) is 0 Å². The number of aliphatic hydroxyl groups excluding tert-OH is 1. The summed E-state index contributed by atoms with van der Waals surface area (Å²) in [5.74, 6) is 1.61. The van der Waals surface area contributed by atoms with Crippen LogP contribution in [-0.2, 0) is 6.42 Å². The molecule has 0 bridgehead atoms. The maximum Gasteiger partial charge on any atom is 0.132 e. The monoisotopic (exact) mass is 271 g/mol. The number of hydrogen-bond acceptors (Lipinski definition) is 5. The van der Waals surface area contributed by atoms with Crippen LogP contribution in [0.5, 0.6) is 11.5 Å². The Balaban J connectivity index is 3.09. The number of hydrogen-bond donors (Lipinski definition) is 2. The second kappa shape index (κ2) is 7.51. The van der Waals surface area contributed by atoms with Gasteiger partial charge in [-0.15, -0.1) is 11.8 Å². The molecule has 102 valence electrons. The van der Waals surface area contributed by atoms with E-state index in [-0.39, 0.29) is 11.9 Å². The third-order valence-corrected chi connectivity index (χ3v) is 3.69. The molecule has 0 saturated heterocycles. The molecule has 1 atom stereocenters. The van der Waals surface area contributed by atoms with Crippen molar-refractivity contribution in [3.05, 3.63) is 17.7 Å². The highest BCUT2D eigenvalue weighted by atomic mass is 32.2. The van der Waals surface area contributed by atoms with Crippen molar-refractivity contribution in [1.82, 2.24) is 0 Å². The van der Waals surface area contributed by atoms with E-state index in [9.17, 15) is 0 Å². The second-order valence-corrected chi connectivity index (χ2v) is 5.44. The van der Waals surface area contributed by atoms with Crippen LogP contribution in [0.4, 0.5) is 0 Å². The minimum absolute atomic E-state index is 0.115. The maximum absolute atomic E-state index is 9.12. The molecule has 3 N–H and O–H groups in total. The Morgan fingerprint density at radius 1 is 1.28 bits per heavy atom. The SMILES string of the molecule is COc1cc(SC(C)CO)c(OC)cc1CCN. The van der Waals surface area contributed by atoms with Crippen molar-refractivity contribution in [3.8, 4) is 11.5 Å². The fraction of sp³-hybridized carbons (Fsp3) is 0.538. The van der Waals surface area contributed by atoms with Crippen LogP contribution in [0.15, 0.2) is 17.0 Å². The third-order valence-electron chi connectivity index (χ3n) is 2.57. The Bertz CT molecular complexity index is 385. The molecule has 4 nitrogen and oxygen atoms in total. The van der Waals surface area contributed by atoms with E-state index in [0.717, 1.165) is 28.4 Å². The molecular weight excluding hydrogens is 250 g/mol. The quantitative estimate of drug-likeness (QED) is 0.739. The standard InChI is InChI=1S/C13H21NO3S/c1-9(8-15)18-13-7-11(16-2)10(4-5-14)6-12(13)17-3/h6-7,9,15H,4-5,8,14H2,1-3H3. The third kappa shape index (κ3) is 3.80. The van der Waals surface area contributed by atoms with Gasteiger partial charge in [0.2, 0.25) is 0 Å². The number of thioether (sulfide) groups is 1. The van der Waals surface area contributed by atoms with E-state index in [0.29, 0.717) is 6.54 Å².